The first kappa shape index (κ1) is 13.0. The van der Waals surface area contributed by atoms with Crippen LogP contribution in [-0.2, 0) is 16.4 Å². The second-order valence-electron chi connectivity index (χ2n) is 3.59. The minimum Gasteiger partial charge on any atom is -0.495 e. The zero-order chi connectivity index (χ0) is 12.2. The highest BCUT2D eigenvalue weighted by Crippen LogP contribution is 2.24. The average Bonchev–Trinajstić information content (AvgIpc) is 2.24. The van der Waals surface area contributed by atoms with Crippen LogP contribution < -0.4 is 9.88 Å². The quantitative estimate of drug-likeness (QED) is 0.793. The van der Waals surface area contributed by atoms with Crippen molar-refractivity contribution in [3.05, 3.63) is 23.8 Å². The number of nitrogens with one attached hydrogen (secondary N) is 1. The molecule has 0 unspecified atom stereocenters. The second kappa shape index (κ2) is 5.32. The normalized spacial score (nSPS) is 11.4. The third-order valence-electron chi connectivity index (χ3n) is 2.34. The lowest BCUT2D eigenvalue weighted by atomic mass is 10.1. The van der Waals surface area contributed by atoms with Gasteiger partial charge in [-0.05, 0) is 30.5 Å². The molecule has 0 heterocycles. The number of rotatable bonds is 5. The van der Waals surface area contributed by atoms with E-state index in [2.05, 4.69) is 6.92 Å². The topological polar surface area (TPSA) is 67.2 Å². The zero-order valence-electron chi connectivity index (χ0n) is 9.49. The van der Waals surface area contributed by atoms with Crippen molar-refractivity contribution in [1.29, 1.82) is 0 Å². The molecule has 0 aromatic heterocycles. The molecule has 1 N–H and O–H groups in total. The Morgan fingerprint density at radius 3 is 2.56 bits per heavy atom. The first-order valence-corrected chi connectivity index (χ1v) is 6.64. The van der Waals surface area contributed by atoms with Gasteiger partial charge in [-0.25, -0.2) is 8.42 Å². The molecule has 0 aliphatic carbocycles. The van der Waals surface area contributed by atoms with Gasteiger partial charge in [0.25, 0.3) is 10.0 Å². The van der Waals surface area contributed by atoms with Crippen molar-refractivity contribution in [2.45, 2.75) is 31.1 Å². The van der Waals surface area contributed by atoms with Crippen LogP contribution in [0.2, 0.25) is 0 Å². The van der Waals surface area contributed by atoms with Gasteiger partial charge in [-0.3, -0.25) is 0 Å². The lowest BCUT2D eigenvalue weighted by Gasteiger charge is -2.08. The minimum absolute atomic E-state index is 0.0522. The Balaban J connectivity index is 3.12. The molecular weight excluding hydrogens is 226 g/mol. The van der Waals surface area contributed by atoms with E-state index in [1.54, 1.807) is 6.07 Å². The molecular formula is C11H16NO3S. The van der Waals surface area contributed by atoms with Gasteiger partial charge < -0.3 is 4.74 Å². The SMILES string of the molecule is CCCCc1ccc(OC)c(S([NH])(=O)=O)c1. The Morgan fingerprint density at radius 2 is 2.06 bits per heavy atom. The highest BCUT2D eigenvalue weighted by molar-refractivity contribution is 7.89. The summed E-state index contributed by atoms with van der Waals surface area (Å²) >= 11 is 0. The third kappa shape index (κ3) is 3.21. The number of benzene rings is 1. The van der Waals surface area contributed by atoms with E-state index < -0.39 is 10.0 Å². The average molecular weight is 242 g/mol. The Hall–Kier alpha value is -1.07. The van der Waals surface area contributed by atoms with Crippen molar-refractivity contribution in [1.82, 2.24) is 5.14 Å². The summed E-state index contributed by atoms with van der Waals surface area (Å²) < 4.78 is 27.4. The molecule has 0 aliphatic rings. The molecule has 0 atom stereocenters. The molecule has 1 aromatic rings. The van der Waals surface area contributed by atoms with Gasteiger partial charge in [0.05, 0.1) is 7.11 Å². The molecule has 1 rings (SSSR count). The summed E-state index contributed by atoms with van der Waals surface area (Å²) in [6, 6.07) is 4.96. The summed E-state index contributed by atoms with van der Waals surface area (Å²) in [5.74, 6) is 0.232. The minimum atomic E-state index is -3.97. The number of ether oxygens (including phenoxy) is 1. The van der Waals surface area contributed by atoms with Crippen molar-refractivity contribution < 1.29 is 13.2 Å². The van der Waals surface area contributed by atoms with Crippen LogP contribution in [0.5, 0.6) is 5.75 Å². The van der Waals surface area contributed by atoms with E-state index in [1.807, 2.05) is 6.07 Å². The summed E-state index contributed by atoms with van der Waals surface area (Å²) in [7, 11) is -2.57. The maximum Gasteiger partial charge on any atom is 0.257 e. The summed E-state index contributed by atoms with van der Waals surface area (Å²) in [6.07, 6.45) is 2.88. The molecule has 0 amide bonds. The lowest BCUT2D eigenvalue weighted by Crippen LogP contribution is -2.04. The van der Waals surface area contributed by atoms with Gasteiger partial charge >= 0.3 is 0 Å². The fraction of sp³-hybridized carbons (Fsp3) is 0.455. The van der Waals surface area contributed by atoms with Crippen LogP contribution in [0.3, 0.4) is 0 Å². The molecule has 0 bridgehead atoms. The Labute approximate surface area is 96.5 Å². The van der Waals surface area contributed by atoms with Gasteiger partial charge in [0.1, 0.15) is 10.6 Å². The standard InChI is InChI=1S/C11H16NO3S/c1-3-4-5-9-6-7-10(15-2)11(8-9)16(12,13)14/h6-8,12H,3-5H2,1-2H3. The largest absolute Gasteiger partial charge is 0.495 e. The molecule has 0 saturated heterocycles. The van der Waals surface area contributed by atoms with Crippen molar-refractivity contribution in [2.24, 2.45) is 0 Å². The van der Waals surface area contributed by atoms with Gasteiger partial charge in [-0.1, -0.05) is 19.4 Å². The summed E-state index contributed by atoms with van der Waals surface area (Å²) in [5, 5.41) is 7.08. The number of hydrogen-bond acceptors (Lipinski definition) is 3. The van der Waals surface area contributed by atoms with E-state index in [9.17, 15) is 8.42 Å². The van der Waals surface area contributed by atoms with Crippen LogP contribution >= 0.6 is 0 Å². The lowest BCUT2D eigenvalue weighted by molar-refractivity contribution is 0.402. The maximum atomic E-state index is 11.2. The van der Waals surface area contributed by atoms with Gasteiger partial charge in [0.15, 0.2) is 0 Å². The van der Waals surface area contributed by atoms with E-state index in [1.165, 1.54) is 13.2 Å². The Kier molecular flexibility index (Phi) is 4.32. The van der Waals surface area contributed by atoms with Crippen LogP contribution in [0.15, 0.2) is 23.1 Å². The summed E-state index contributed by atoms with van der Waals surface area (Å²) in [4.78, 5) is -0.0522. The van der Waals surface area contributed by atoms with E-state index in [4.69, 9.17) is 9.88 Å². The molecule has 0 aliphatic heterocycles. The molecule has 0 spiro atoms. The first-order valence-electron chi connectivity index (χ1n) is 5.15. The molecule has 5 heteroatoms. The van der Waals surface area contributed by atoms with E-state index in [-0.39, 0.29) is 10.6 Å². The molecule has 4 nitrogen and oxygen atoms in total. The van der Waals surface area contributed by atoms with Crippen molar-refractivity contribution in [3.63, 3.8) is 0 Å². The maximum absolute atomic E-state index is 11.2. The number of methoxy groups -OCH3 is 1. The number of sulfonamides is 1. The van der Waals surface area contributed by atoms with Crippen LogP contribution in [0, 0.1) is 0 Å². The first-order chi connectivity index (χ1) is 7.49. The molecule has 0 fully saturated rings. The van der Waals surface area contributed by atoms with E-state index in [0.29, 0.717) is 0 Å². The van der Waals surface area contributed by atoms with E-state index in [0.717, 1.165) is 24.8 Å². The van der Waals surface area contributed by atoms with E-state index >= 15 is 0 Å². The fourth-order valence-corrected chi connectivity index (χ4v) is 2.19. The molecule has 0 saturated carbocycles. The smallest absolute Gasteiger partial charge is 0.257 e. The number of hydrogen-bond donors (Lipinski definition) is 0. The fourth-order valence-electron chi connectivity index (χ4n) is 1.47. The van der Waals surface area contributed by atoms with Crippen LogP contribution in [0.4, 0.5) is 0 Å². The van der Waals surface area contributed by atoms with Gasteiger partial charge in [0.2, 0.25) is 0 Å². The third-order valence-corrected chi connectivity index (χ3v) is 3.23. The summed E-state index contributed by atoms with van der Waals surface area (Å²) in [6.45, 7) is 2.08. The molecule has 1 aromatic carbocycles. The number of unbranched alkanes of at least 4 members (excludes halogenated alkanes) is 1. The van der Waals surface area contributed by atoms with Crippen LogP contribution in [-0.4, -0.2) is 15.5 Å². The Bertz CT molecular complexity index is 454. The second-order valence-corrected chi connectivity index (χ2v) is 5.04. The summed E-state index contributed by atoms with van der Waals surface area (Å²) in [5.41, 5.74) is 0.925. The monoisotopic (exact) mass is 242 g/mol. The Morgan fingerprint density at radius 1 is 1.38 bits per heavy atom. The predicted octanol–water partition coefficient (Wildman–Crippen LogP) is 2.01. The van der Waals surface area contributed by atoms with Crippen molar-refractivity contribution in [3.8, 4) is 5.75 Å². The van der Waals surface area contributed by atoms with Crippen molar-refractivity contribution in [2.75, 3.05) is 7.11 Å². The zero-order valence-corrected chi connectivity index (χ0v) is 10.3. The molecule has 16 heavy (non-hydrogen) atoms. The van der Waals surface area contributed by atoms with Gasteiger partial charge in [-0.2, -0.15) is 0 Å². The van der Waals surface area contributed by atoms with Crippen molar-refractivity contribution >= 4 is 10.0 Å². The van der Waals surface area contributed by atoms with Gasteiger partial charge in [0, 0.05) is 0 Å². The predicted molar refractivity (Wildman–Crippen MR) is 61.9 cm³/mol. The number of aryl methyl sites for hydroxylation is 1. The molecule has 89 valence electrons. The highest BCUT2D eigenvalue weighted by atomic mass is 32.2. The highest BCUT2D eigenvalue weighted by Gasteiger charge is 2.15. The van der Waals surface area contributed by atoms with Crippen LogP contribution in [0.25, 0.3) is 0 Å². The molecule has 1 radical (unpaired) electrons. The van der Waals surface area contributed by atoms with Crippen LogP contribution in [0.1, 0.15) is 25.3 Å². The van der Waals surface area contributed by atoms with Gasteiger partial charge in [-0.15, -0.1) is 5.14 Å².